The molecule has 0 saturated heterocycles. The normalized spacial score (nSPS) is 13.0. The summed E-state index contributed by atoms with van der Waals surface area (Å²) >= 11 is 1.51. The molecular weight excluding hydrogens is 346 g/mol. The van der Waals surface area contributed by atoms with E-state index in [0.29, 0.717) is 5.56 Å². The lowest BCUT2D eigenvalue weighted by atomic mass is 9.94. The van der Waals surface area contributed by atoms with Crippen LogP contribution in [0.1, 0.15) is 16.1 Å². The molecule has 0 atom stereocenters. The number of allylic oxidation sites excluding steroid dienone is 1. The Kier molecular flexibility index (Phi) is 4.22. The van der Waals surface area contributed by atoms with Crippen LogP contribution in [0.15, 0.2) is 71.8 Å². The summed E-state index contributed by atoms with van der Waals surface area (Å²) in [4.78, 5) is 25.5. The van der Waals surface area contributed by atoms with Crippen molar-refractivity contribution in [3.8, 4) is 16.9 Å². The van der Waals surface area contributed by atoms with Crippen LogP contribution >= 0.6 is 11.9 Å². The van der Waals surface area contributed by atoms with Crippen LogP contribution in [0.25, 0.3) is 17.2 Å². The third kappa shape index (κ3) is 2.86. The maximum Gasteiger partial charge on any atom is 0.235 e. The highest BCUT2D eigenvalue weighted by molar-refractivity contribution is 7.97. The monoisotopic (exact) mass is 361 g/mol. The quantitative estimate of drug-likeness (QED) is 0.642. The number of methoxy groups -OCH3 is 1. The fourth-order valence-corrected chi connectivity index (χ4v) is 3.82. The number of ketones is 2. The molecule has 0 fully saturated rings. The molecule has 0 radical (unpaired) electrons. The van der Waals surface area contributed by atoms with Crippen LogP contribution in [0.5, 0.6) is 5.75 Å². The Bertz CT molecular complexity index is 1020. The van der Waals surface area contributed by atoms with Crippen LogP contribution in [0.2, 0.25) is 0 Å². The van der Waals surface area contributed by atoms with Crippen molar-refractivity contribution in [2.75, 3.05) is 7.11 Å². The fraction of sp³-hybridized carbons (Fsp3) is 0.0476. The van der Waals surface area contributed by atoms with Gasteiger partial charge in [-0.1, -0.05) is 30.3 Å². The first kappa shape index (κ1) is 16.4. The van der Waals surface area contributed by atoms with E-state index in [9.17, 15) is 9.59 Å². The SMILES string of the molecule is COc1ccc(-c2cn(Sc3ccccc3)c3c2C(=O)C(=O)C=C3)cc1. The summed E-state index contributed by atoms with van der Waals surface area (Å²) in [6.45, 7) is 0. The number of ether oxygens (including phenoxy) is 1. The van der Waals surface area contributed by atoms with Crippen LogP contribution in [-0.2, 0) is 4.79 Å². The first-order chi connectivity index (χ1) is 12.7. The zero-order chi connectivity index (χ0) is 18.1. The van der Waals surface area contributed by atoms with Crippen molar-refractivity contribution in [2.45, 2.75) is 4.90 Å². The molecule has 128 valence electrons. The second-order valence-corrected chi connectivity index (χ2v) is 6.84. The minimum Gasteiger partial charge on any atom is -0.497 e. The van der Waals surface area contributed by atoms with Gasteiger partial charge in [0, 0.05) is 16.7 Å². The van der Waals surface area contributed by atoms with Gasteiger partial charge in [-0.2, -0.15) is 0 Å². The van der Waals surface area contributed by atoms with Gasteiger partial charge in [0.15, 0.2) is 0 Å². The first-order valence-corrected chi connectivity index (χ1v) is 8.84. The van der Waals surface area contributed by atoms with Gasteiger partial charge >= 0.3 is 0 Å². The van der Waals surface area contributed by atoms with Gasteiger partial charge in [0.1, 0.15) is 5.75 Å². The molecule has 4 nitrogen and oxygen atoms in total. The molecule has 0 aliphatic heterocycles. The Balaban J connectivity index is 1.84. The Morgan fingerprint density at radius 1 is 0.923 bits per heavy atom. The zero-order valence-corrected chi connectivity index (χ0v) is 14.8. The number of nitrogens with zero attached hydrogens (tertiary/aromatic N) is 1. The molecule has 0 saturated carbocycles. The Morgan fingerprint density at radius 2 is 1.65 bits per heavy atom. The predicted octanol–water partition coefficient (Wildman–Crippen LogP) is 4.50. The van der Waals surface area contributed by atoms with Gasteiger partial charge in [0.05, 0.1) is 18.4 Å². The van der Waals surface area contributed by atoms with Crippen LogP contribution in [-0.4, -0.2) is 22.6 Å². The summed E-state index contributed by atoms with van der Waals surface area (Å²) in [5, 5.41) is 0. The minimum atomic E-state index is -0.491. The molecule has 0 spiro atoms. The maximum atomic E-state index is 12.6. The largest absolute Gasteiger partial charge is 0.497 e. The number of Topliss-reactive ketones (excluding diaryl/α,β-unsaturated/α-hetero) is 1. The molecule has 3 aromatic rings. The highest BCUT2D eigenvalue weighted by Gasteiger charge is 2.28. The molecule has 0 amide bonds. The number of carbonyl (C=O) groups excluding carboxylic acids is 2. The molecule has 2 aromatic carbocycles. The van der Waals surface area contributed by atoms with Crippen LogP contribution in [0.4, 0.5) is 0 Å². The van der Waals surface area contributed by atoms with Gasteiger partial charge in [-0.05, 0) is 53.9 Å². The molecule has 5 heteroatoms. The lowest BCUT2D eigenvalue weighted by molar-refractivity contribution is -0.110. The minimum absolute atomic E-state index is 0.450. The second kappa shape index (κ2) is 6.69. The lowest BCUT2D eigenvalue weighted by Gasteiger charge is -2.09. The van der Waals surface area contributed by atoms with Crippen LogP contribution in [0.3, 0.4) is 0 Å². The van der Waals surface area contributed by atoms with Gasteiger partial charge in [0.2, 0.25) is 11.6 Å². The summed E-state index contributed by atoms with van der Waals surface area (Å²) in [5.41, 5.74) is 2.79. The third-order valence-electron chi connectivity index (χ3n) is 4.20. The molecule has 0 N–H and O–H groups in total. The third-order valence-corrected chi connectivity index (χ3v) is 5.18. The lowest BCUT2D eigenvalue weighted by Crippen LogP contribution is -2.16. The van der Waals surface area contributed by atoms with E-state index in [1.807, 2.05) is 64.8 Å². The molecular formula is C21H15NO3S. The average Bonchev–Trinajstić information content (AvgIpc) is 3.04. The Hall–Kier alpha value is -3.05. The zero-order valence-electron chi connectivity index (χ0n) is 14.0. The number of fused-ring (bicyclic) bond motifs is 1. The second-order valence-electron chi connectivity index (χ2n) is 5.79. The van der Waals surface area contributed by atoms with E-state index >= 15 is 0 Å². The molecule has 1 aliphatic carbocycles. The van der Waals surface area contributed by atoms with Gasteiger partial charge in [0.25, 0.3) is 0 Å². The summed E-state index contributed by atoms with van der Waals surface area (Å²) in [6.07, 6.45) is 4.96. The summed E-state index contributed by atoms with van der Waals surface area (Å²) in [5.74, 6) is -0.224. The number of rotatable bonds is 4. The van der Waals surface area contributed by atoms with Crippen molar-refractivity contribution >= 4 is 29.6 Å². The van der Waals surface area contributed by atoms with Gasteiger partial charge < -0.3 is 4.74 Å². The van der Waals surface area contributed by atoms with Crippen LogP contribution < -0.4 is 4.74 Å². The summed E-state index contributed by atoms with van der Waals surface area (Å²) in [7, 11) is 1.61. The molecule has 0 unspecified atom stereocenters. The highest BCUT2D eigenvalue weighted by Crippen LogP contribution is 2.36. The van der Waals surface area contributed by atoms with Crippen molar-refractivity contribution in [1.29, 1.82) is 0 Å². The number of aromatic nitrogens is 1. The van der Waals surface area contributed by atoms with E-state index in [1.54, 1.807) is 13.2 Å². The summed E-state index contributed by atoms with van der Waals surface area (Å²) < 4.78 is 7.13. The molecule has 1 heterocycles. The number of hydrogen-bond acceptors (Lipinski definition) is 4. The van der Waals surface area contributed by atoms with Crippen LogP contribution in [0, 0.1) is 0 Å². The van der Waals surface area contributed by atoms with Gasteiger partial charge in [-0.3, -0.25) is 13.6 Å². The van der Waals surface area contributed by atoms with E-state index in [2.05, 4.69) is 0 Å². The molecule has 1 aliphatic rings. The highest BCUT2D eigenvalue weighted by atomic mass is 32.2. The topological polar surface area (TPSA) is 48.3 Å². The fourth-order valence-electron chi connectivity index (χ4n) is 2.91. The average molecular weight is 361 g/mol. The number of benzene rings is 2. The van der Waals surface area contributed by atoms with Crippen molar-refractivity contribution in [3.05, 3.63) is 78.1 Å². The number of carbonyl (C=O) groups is 2. The van der Waals surface area contributed by atoms with E-state index in [1.165, 1.54) is 18.0 Å². The summed E-state index contributed by atoms with van der Waals surface area (Å²) in [6, 6.07) is 17.4. The smallest absolute Gasteiger partial charge is 0.235 e. The number of hydrogen-bond donors (Lipinski definition) is 0. The Labute approximate surface area is 155 Å². The first-order valence-electron chi connectivity index (χ1n) is 8.07. The maximum absolute atomic E-state index is 12.6. The van der Waals surface area contributed by atoms with Crippen molar-refractivity contribution < 1.29 is 14.3 Å². The van der Waals surface area contributed by atoms with E-state index in [0.717, 1.165) is 27.5 Å². The molecule has 26 heavy (non-hydrogen) atoms. The molecule has 1 aromatic heterocycles. The standard InChI is InChI=1S/C21H15NO3S/c1-25-15-9-7-14(8-10-15)17-13-22(26-16-5-3-2-4-6-16)18-11-12-19(23)21(24)20(17)18/h2-13H,1H3. The van der Waals surface area contributed by atoms with Crippen molar-refractivity contribution in [3.63, 3.8) is 0 Å². The van der Waals surface area contributed by atoms with E-state index < -0.39 is 11.6 Å². The van der Waals surface area contributed by atoms with Gasteiger partial charge in [-0.15, -0.1) is 0 Å². The van der Waals surface area contributed by atoms with Crippen molar-refractivity contribution in [2.24, 2.45) is 0 Å². The molecule has 4 rings (SSSR count). The van der Waals surface area contributed by atoms with Gasteiger partial charge in [-0.25, -0.2) is 0 Å². The van der Waals surface area contributed by atoms with E-state index in [4.69, 9.17) is 4.74 Å². The molecule has 0 bridgehead atoms. The predicted molar refractivity (Wildman–Crippen MR) is 102 cm³/mol. The van der Waals surface area contributed by atoms with E-state index in [-0.39, 0.29) is 0 Å². The Morgan fingerprint density at radius 3 is 2.35 bits per heavy atom. The van der Waals surface area contributed by atoms with Crippen molar-refractivity contribution in [1.82, 2.24) is 3.97 Å².